The van der Waals surface area contributed by atoms with Crippen LogP contribution in [0, 0.1) is 0 Å². The molecule has 0 bridgehead atoms. The van der Waals surface area contributed by atoms with Gasteiger partial charge >= 0.3 is 12.1 Å². The number of ketones is 1. The Kier molecular flexibility index (Phi) is 4.34. The summed E-state index contributed by atoms with van der Waals surface area (Å²) in [7, 11) is 1.19. The Bertz CT molecular complexity index is 433. The molecule has 1 aliphatic rings. The number of nitrogens with zero attached hydrogens (tertiary/aromatic N) is 1. The second-order valence-electron chi connectivity index (χ2n) is 5.40. The summed E-state index contributed by atoms with van der Waals surface area (Å²) < 4.78 is 9.74. The lowest BCUT2D eigenvalue weighted by atomic mass is 10.0. The van der Waals surface area contributed by atoms with Gasteiger partial charge in [0.1, 0.15) is 11.2 Å². The summed E-state index contributed by atoms with van der Waals surface area (Å²) >= 11 is 0. The van der Waals surface area contributed by atoms with Crippen molar-refractivity contribution in [1.82, 2.24) is 4.90 Å². The summed E-state index contributed by atoms with van der Waals surface area (Å²) in [5.41, 5.74) is -0.774. The lowest BCUT2D eigenvalue weighted by molar-refractivity contribution is -0.138. The van der Waals surface area contributed by atoms with Crippen LogP contribution in [0.1, 0.15) is 34.1 Å². The smallest absolute Gasteiger partial charge is 0.414 e. The predicted octanol–water partition coefficient (Wildman–Crippen LogP) is 1.64. The van der Waals surface area contributed by atoms with Gasteiger partial charge in [-0.3, -0.25) is 9.69 Å². The van der Waals surface area contributed by atoms with Crippen LogP contribution in [0.15, 0.2) is 11.8 Å². The first-order valence-corrected chi connectivity index (χ1v) is 6.00. The van der Waals surface area contributed by atoms with Crippen LogP contribution in [0.4, 0.5) is 4.79 Å². The van der Waals surface area contributed by atoms with Gasteiger partial charge < -0.3 is 9.47 Å². The van der Waals surface area contributed by atoms with E-state index < -0.39 is 17.7 Å². The number of carbonyl (C=O) groups is 3. The Labute approximate surface area is 112 Å². The molecule has 0 saturated carbocycles. The summed E-state index contributed by atoms with van der Waals surface area (Å²) in [5, 5.41) is 0. The Morgan fingerprint density at radius 1 is 1.37 bits per heavy atom. The van der Waals surface area contributed by atoms with Crippen molar-refractivity contribution in [3.8, 4) is 0 Å². The van der Waals surface area contributed by atoms with E-state index in [2.05, 4.69) is 4.74 Å². The van der Waals surface area contributed by atoms with E-state index in [1.807, 2.05) is 0 Å². The zero-order chi connectivity index (χ0) is 14.8. The van der Waals surface area contributed by atoms with E-state index in [4.69, 9.17) is 4.74 Å². The molecule has 19 heavy (non-hydrogen) atoms. The van der Waals surface area contributed by atoms with Gasteiger partial charge in [0.05, 0.1) is 7.11 Å². The summed E-state index contributed by atoms with van der Waals surface area (Å²) in [6, 6.07) is -0.351. The van der Waals surface area contributed by atoms with Crippen molar-refractivity contribution in [2.24, 2.45) is 0 Å². The van der Waals surface area contributed by atoms with Gasteiger partial charge in [-0.05, 0) is 27.7 Å². The quantitative estimate of drug-likeness (QED) is 0.534. The van der Waals surface area contributed by atoms with Crippen LogP contribution < -0.4 is 0 Å². The fourth-order valence-electron chi connectivity index (χ4n) is 1.64. The highest BCUT2D eigenvalue weighted by Gasteiger charge is 2.34. The van der Waals surface area contributed by atoms with E-state index in [-0.39, 0.29) is 23.8 Å². The van der Waals surface area contributed by atoms with Crippen molar-refractivity contribution in [1.29, 1.82) is 0 Å². The van der Waals surface area contributed by atoms with Crippen molar-refractivity contribution in [2.45, 2.75) is 45.8 Å². The van der Waals surface area contributed by atoms with Gasteiger partial charge in [0.2, 0.25) is 0 Å². The molecule has 0 unspecified atom stereocenters. The maximum Gasteiger partial charge on any atom is 0.414 e. The van der Waals surface area contributed by atoms with Crippen molar-refractivity contribution < 1.29 is 23.9 Å². The molecule has 0 aromatic rings. The zero-order valence-electron chi connectivity index (χ0n) is 11.9. The standard InChI is InChI=1S/C13H19NO5/c1-8-6-10(15)9(11(16)18-5)7-14(8)12(17)19-13(2,3)4/h7-8H,6H2,1-5H3/t8-/m0/s1. The molecule has 1 aliphatic heterocycles. The molecule has 1 heterocycles. The van der Waals surface area contributed by atoms with Gasteiger partial charge in [-0.15, -0.1) is 0 Å². The summed E-state index contributed by atoms with van der Waals surface area (Å²) in [6.07, 6.45) is 0.685. The third-order valence-corrected chi connectivity index (χ3v) is 2.53. The van der Waals surface area contributed by atoms with Gasteiger partial charge in [0.25, 0.3) is 0 Å². The summed E-state index contributed by atoms with van der Waals surface area (Å²) in [5.74, 6) is -1.08. The predicted molar refractivity (Wildman–Crippen MR) is 67.3 cm³/mol. The number of esters is 1. The number of hydrogen-bond donors (Lipinski definition) is 0. The second kappa shape index (κ2) is 5.42. The Balaban J connectivity index is 2.99. The topological polar surface area (TPSA) is 72.9 Å². The summed E-state index contributed by atoms with van der Waals surface area (Å²) in [6.45, 7) is 6.95. The maximum absolute atomic E-state index is 12.0. The molecule has 1 atom stereocenters. The van der Waals surface area contributed by atoms with Crippen molar-refractivity contribution >= 4 is 17.8 Å². The van der Waals surface area contributed by atoms with Gasteiger partial charge in [-0.2, -0.15) is 0 Å². The SMILES string of the molecule is COC(=O)C1=CN(C(=O)OC(C)(C)C)[C@@H](C)CC1=O. The first-order chi connectivity index (χ1) is 8.65. The number of Topliss-reactive ketones (excluding diaryl/α,β-unsaturated/α-hetero) is 1. The average Bonchev–Trinajstić information content (AvgIpc) is 2.25. The van der Waals surface area contributed by atoms with Crippen LogP contribution in [-0.2, 0) is 19.1 Å². The zero-order valence-corrected chi connectivity index (χ0v) is 11.9. The molecule has 106 valence electrons. The largest absolute Gasteiger partial charge is 0.465 e. The van der Waals surface area contributed by atoms with Crippen LogP contribution in [0.3, 0.4) is 0 Å². The molecule has 0 radical (unpaired) electrons. The number of ether oxygens (including phenoxy) is 2. The molecule has 1 amide bonds. The third-order valence-electron chi connectivity index (χ3n) is 2.53. The number of amides is 1. The van der Waals surface area contributed by atoms with Crippen molar-refractivity contribution in [2.75, 3.05) is 7.11 Å². The van der Waals surface area contributed by atoms with Crippen molar-refractivity contribution in [3.63, 3.8) is 0 Å². The van der Waals surface area contributed by atoms with Crippen LogP contribution >= 0.6 is 0 Å². The number of methoxy groups -OCH3 is 1. The molecule has 0 spiro atoms. The summed E-state index contributed by atoms with van der Waals surface area (Å²) in [4.78, 5) is 36.4. The monoisotopic (exact) mass is 269 g/mol. The molecule has 6 heteroatoms. The van der Waals surface area contributed by atoms with E-state index in [1.54, 1.807) is 27.7 Å². The number of carbonyl (C=O) groups excluding carboxylic acids is 3. The molecule has 0 fully saturated rings. The lowest BCUT2D eigenvalue weighted by Crippen LogP contribution is -2.43. The lowest BCUT2D eigenvalue weighted by Gasteiger charge is -2.31. The highest BCUT2D eigenvalue weighted by Crippen LogP contribution is 2.21. The number of rotatable bonds is 1. The van der Waals surface area contributed by atoms with Crippen LogP contribution in [0.25, 0.3) is 0 Å². The molecule has 6 nitrogen and oxygen atoms in total. The van der Waals surface area contributed by atoms with Gasteiger partial charge in [-0.25, -0.2) is 9.59 Å². The van der Waals surface area contributed by atoms with Crippen LogP contribution in [0.2, 0.25) is 0 Å². The minimum absolute atomic E-state index is 0.0696. The molecule has 1 rings (SSSR count). The highest BCUT2D eigenvalue weighted by molar-refractivity contribution is 6.18. The minimum Gasteiger partial charge on any atom is -0.465 e. The number of hydrogen-bond acceptors (Lipinski definition) is 5. The highest BCUT2D eigenvalue weighted by atomic mass is 16.6. The Morgan fingerprint density at radius 2 is 1.95 bits per heavy atom. The fourth-order valence-corrected chi connectivity index (χ4v) is 1.64. The van der Waals surface area contributed by atoms with Gasteiger partial charge in [0, 0.05) is 18.7 Å². The van der Waals surface area contributed by atoms with E-state index in [0.717, 1.165) is 0 Å². The molecule has 0 saturated heterocycles. The fraction of sp³-hybridized carbons (Fsp3) is 0.615. The molecule has 0 aromatic carbocycles. The van der Waals surface area contributed by atoms with E-state index in [9.17, 15) is 14.4 Å². The third kappa shape index (κ3) is 3.81. The second-order valence-corrected chi connectivity index (χ2v) is 5.40. The first kappa shape index (κ1) is 15.2. The van der Waals surface area contributed by atoms with E-state index >= 15 is 0 Å². The minimum atomic E-state index is -0.745. The molecular formula is C13H19NO5. The average molecular weight is 269 g/mol. The van der Waals surface area contributed by atoms with Gasteiger partial charge in [-0.1, -0.05) is 0 Å². The van der Waals surface area contributed by atoms with Crippen molar-refractivity contribution in [3.05, 3.63) is 11.8 Å². The maximum atomic E-state index is 12.0. The Hall–Kier alpha value is -1.85. The van der Waals surface area contributed by atoms with Gasteiger partial charge in [0.15, 0.2) is 5.78 Å². The van der Waals surface area contributed by atoms with Crippen LogP contribution in [-0.4, -0.2) is 41.5 Å². The first-order valence-electron chi connectivity index (χ1n) is 6.00. The van der Waals surface area contributed by atoms with Crippen LogP contribution in [0.5, 0.6) is 0 Å². The molecular weight excluding hydrogens is 250 g/mol. The normalized spacial score (nSPS) is 19.8. The molecule has 0 aromatic heterocycles. The van der Waals surface area contributed by atoms with E-state index in [0.29, 0.717) is 0 Å². The molecule has 0 aliphatic carbocycles. The Morgan fingerprint density at radius 3 is 2.42 bits per heavy atom. The molecule has 0 N–H and O–H groups in total. The van der Waals surface area contributed by atoms with E-state index in [1.165, 1.54) is 18.2 Å².